The number of amides is 2. The van der Waals surface area contributed by atoms with Gasteiger partial charge in [0.25, 0.3) is 0 Å². The molecule has 2 atom stereocenters. The third kappa shape index (κ3) is 5.56. The Balaban J connectivity index is 1.60. The maximum Gasteiger partial charge on any atom is 0.240 e. The molecule has 0 unspecified atom stereocenters. The van der Waals surface area contributed by atoms with Crippen LogP contribution in [0.5, 0.6) is 5.75 Å². The molecule has 0 aliphatic carbocycles. The van der Waals surface area contributed by atoms with Crippen LogP contribution in [0.2, 0.25) is 0 Å². The molecule has 1 heterocycles. The van der Waals surface area contributed by atoms with E-state index in [0.717, 1.165) is 11.1 Å². The monoisotopic (exact) mass is 368 g/mol. The van der Waals surface area contributed by atoms with Crippen LogP contribution < -0.4 is 15.8 Å². The van der Waals surface area contributed by atoms with Crippen LogP contribution in [0.1, 0.15) is 17.5 Å². The smallest absolute Gasteiger partial charge is 0.240 e. The first-order valence-electron chi connectivity index (χ1n) is 9.05. The summed E-state index contributed by atoms with van der Waals surface area (Å²) in [6.07, 6.45) is 0.983. The predicted octanol–water partition coefficient (Wildman–Crippen LogP) is 1.81. The van der Waals surface area contributed by atoms with Crippen molar-refractivity contribution in [3.8, 4) is 5.75 Å². The molecule has 142 valence electrons. The zero-order valence-corrected chi connectivity index (χ0v) is 15.1. The highest BCUT2D eigenvalue weighted by Crippen LogP contribution is 2.17. The van der Waals surface area contributed by atoms with Crippen LogP contribution in [0.3, 0.4) is 0 Å². The first kappa shape index (κ1) is 18.9. The van der Waals surface area contributed by atoms with Crippen LogP contribution in [-0.4, -0.2) is 31.1 Å². The molecule has 2 aromatic carbocycles. The molecule has 1 aliphatic heterocycles. The summed E-state index contributed by atoms with van der Waals surface area (Å²) in [5.74, 6) is -0.256. The standard InChI is InChI=1S/C21H24N2O4/c22-20(24)19(23-21(25)17-9-10-26-14-17)12-16-7-4-8-18(11-16)27-13-15-5-2-1-3-6-15/h1-8,11,17,19H,9-10,12-14H2,(H2,22,24)(H,23,25)/t17-,19+/m1/s1. The summed E-state index contributed by atoms with van der Waals surface area (Å²) in [6, 6.07) is 16.6. The van der Waals surface area contributed by atoms with Crippen molar-refractivity contribution in [1.29, 1.82) is 0 Å². The molecule has 6 heteroatoms. The predicted molar refractivity (Wildman–Crippen MR) is 101 cm³/mol. The number of nitrogens with two attached hydrogens (primary N) is 1. The highest BCUT2D eigenvalue weighted by atomic mass is 16.5. The lowest BCUT2D eigenvalue weighted by Crippen LogP contribution is -2.48. The molecule has 0 bridgehead atoms. The van der Waals surface area contributed by atoms with Crippen LogP contribution in [0.4, 0.5) is 0 Å². The number of hydrogen-bond donors (Lipinski definition) is 2. The number of hydrogen-bond acceptors (Lipinski definition) is 4. The fourth-order valence-electron chi connectivity index (χ4n) is 2.99. The topological polar surface area (TPSA) is 90.7 Å². The highest BCUT2D eigenvalue weighted by Gasteiger charge is 2.27. The second kappa shape index (κ2) is 9.19. The lowest BCUT2D eigenvalue weighted by Gasteiger charge is -2.18. The van der Waals surface area contributed by atoms with Gasteiger partial charge in [0.2, 0.25) is 11.8 Å². The first-order valence-corrected chi connectivity index (χ1v) is 9.05. The first-order chi connectivity index (χ1) is 13.1. The second-order valence-electron chi connectivity index (χ2n) is 6.65. The number of primary amides is 1. The van der Waals surface area contributed by atoms with Gasteiger partial charge in [0.05, 0.1) is 12.5 Å². The molecule has 2 amide bonds. The zero-order valence-electron chi connectivity index (χ0n) is 15.1. The number of nitrogens with one attached hydrogen (secondary N) is 1. The van der Waals surface area contributed by atoms with E-state index in [1.165, 1.54) is 0 Å². The number of rotatable bonds is 8. The van der Waals surface area contributed by atoms with Crippen molar-refractivity contribution in [3.05, 3.63) is 65.7 Å². The third-order valence-corrected chi connectivity index (χ3v) is 4.55. The van der Waals surface area contributed by atoms with Crippen LogP contribution >= 0.6 is 0 Å². The molecule has 2 aromatic rings. The van der Waals surface area contributed by atoms with Gasteiger partial charge in [0.15, 0.2) is 0 Å². The van der Waals surface area contributed by atoms with E-state index >= 15 is 0 Å². The van der Waals surface area contributed by atoms with Crippen LogP contribution in [0, 0.1) is 5.92 Å². The SMILES string of the molecule is NC(=O)[C@H](Cc1cccc(OCc2ccccc2)c1)NC(=O)[C@@H]1CCOC1. The Kier molecular flexibility index (Phi) is 6.44. The van der Waals surface area contributed by atoms with Crippen molar-refractivity contribution in [2.24, 2.45) is 11.7 Å². The van der Waals surface area contributed by atoms with Gasteiger partial charge >= 0.3 is 0 Å². The highest BCUT2D eigenvalue weighted by molar-refractivity contribution is 5.87. The van der Waals surface area contributed by atoms with E-state index in [9.17, 15) is 9.59 Å². The molecule has 0 spiro atoms. The van der Waals surface area contributed by atoms with Gasteiger partial charge in [-0.2, -0.15) is 0 Å². The molecular formula is C21H24N2O4. The largest absolute Gasteiger partial charge is 0.489 e. The van der Waals surface area contributed by atoms with Gasteiger partial charge in [-0.05, 0) is 29.7 Å². The summed E-state index contributed by atoms with van der Waals surface area (Å²) in [6.45, 7) is 1.42. The Bertz CT molecular complexity index is 773. The Hall–Kier alpha value is -2.86. The summed E-state index contributed by atoms with van der Waals surface area (Å²) in [5.41, 5.74) is 7.43. The minimum atomic E-state index is -0.762. The van der Waals surface area contributed by atoms with Crippen molar-refractivity contribution in [1.82, 2.24) is 5.32 Å². The average Bonchev–Trinajstić information content (AvgIpc) is 3.22. The molecule has 1 aliphatic rings. The number of benzene rings is 2. The fourth-order valence-corrected chi connectivity index (χ4v) is 2.99. The van der Waals surface area contributed by atoms with Crippen LogP contribution in [0.25, 0.3) is 0 Å². The lowest BCUT2D eigenvalue weighted by molar-refractivity contribution is -0.129. The summed E-state index contributed by atoms with van der Waals surface area (Å²) in [4.78, 5) is 24.0. The van der Waals surface area contributed by atoms with Crippen molar-refractivity contribution >= 4 is 11.8 Å². The second-order valence-corrected chi connectivity index (χ2v) is 6.65. The van der Waals surface area contributed by atoms with Crippen LogP contribution in [-0.2, 0) is 27.4 Å². The molecule has 0 radical (unpaired) electrons. The molecule has 3 rings (SSSR count). The molecular weight excluding hydrogens is 344 g/mol. The van der Waals surface area contributed by atoms with Gasteiger partial charge in [-0.25, -0.2) is 0 Å². The van der Waals surface area contributed by atoms with Crippen molar-refractivity contribution < 1.29 is 19.1 Å². The van der Waals surface area contributed by atoms with Gasteiger partial charge in [-0.3, -0.25) is 9.59 Å². The lowest BCUT2D eigenvalue weighted by atomic mass is 10.0. The average molecular weight is 368 g/mol. The molecule has 0 saturated carbocycles. The van der Waals surface area contributed by atoms with Crippen LogP contribution in [0.15, 0.2) is 54.6 Å². The van der Waals surface area contributed by atoms with E-state index in [1.807, 2.05) is 54.6 Å². The molecule has 27 heavy (non-hydrogen) atoms. The zero-order chi connectivity index (χ0) is 19.1. The van der Waals surface area contributed by atoms with Gasteiger partial charge < -0.3 is 20.5 Å². The van der Waals surface area contributed by atoms with Gasteiger partial charge in [0, 0.05) is 13.0 Å². The Morgan fingerprint density at radius 2 is 1.93 bits per heavy atom. The van der Waals surface area contributed by atoms with E-state index in [1.54, 1.807) is 0 Å². The number of carbonyl (C=O) groups is 2. The molecule has 1 fully saturated rings. The summed E-state index contributed by atoms with van der Waals surface area (Å²) >= 11 is 0. The van der Waals surface area contributed by atoms with E-state index in [4.69, 9.17) is 15.2 Å². The Morgan fingerprint density at radius 1 is 1.15 bits per heavy atom. The Labute approximate surface area is 158 Å². The van der Waals surface area contributed by atoms with E-state index in [-0.39, 0.29) is 11.8 Å². The maximum atomic E-state index is 12.3. The van der Waals surface area contributed by atoms with E-state index in [0.29, 0.717) is 38.4 Å². The van der Waals surface area contributed by atoms with Crippen molar-refractivity contribution in [2.45, 2.75) is 25.5 Å². The molecule has 6 nitrogen and oxygen atoms in total. The minimum Gasteiger partial charge on any atom is -0.489 e. The van der Waals surface area contributed by atoms with Crippen molar-refractivity contribution in [3.63, 3.8) is 0 Å². The fraction of sp³-hybridized carbons (Fsp3) is 0.333. The quantitative estimate of drug-likeness (QED) is 0.744. The Morgan fingerprint density at radius 3 is 2.63 bits per heavy atom. The van der Waals surface area contributed by atoms with Gasteiger partial charge in [-0.15, -0.1) is 0 Å². The third-order valence-electron chi connectivity index (χ3n) is 4.55. The normalized spacial score (nSPS) is 17.3. The van der Waals surface area contributed by atoms with E-state index < -0.39 is 11.9 Å². The maximum absolute atomic E-state index is 12.3. The summed E-state index contributed by atoms with van der Waals surface area (Å²) in [7, 11) is 0. The minimum absolute atomic E-state index is 0.187. The number of ether oxygens (including phenoxy) is 2. The van der Waals surface area contributed by atoms with Gasteiger partial charge in [-0.1, -0.05) is 42.5 Å². The molecule has 3 N–H and O–H groups in total. The summed E-state index contributed by atoms with van der Waals surface area (Å²) in [5, 5.41) is 2.75. The summed E-state index contributed by atoms with van der Waals surface area (Å²) < 4.78 is 11.0. The molecule has 1 saturated heterocycles. The van der Waals surface area contributed by atoms with E-state index in [2.05, 4.69) is 5.32 Å². The van der Waals surface area contributed by atoms with Gasteiger partial charge in [0.1, 0.15) is 18.4 Å². The van der Waals surface area contributed by atoms with Crippen molar-refractivity contribution in [2.75, 3.05) is 13.2 Å². The number of carbonyl (C=O) groups excluding carboxylic acids is 2. The molecule has 0 aromatic heterocycles.